The van der Waals surface area contributed by atoms with Crippen LogP contribution in [0.2, 0.25) is 5.02 Å². The van der Waals surface area contributed by atoms with Gasteiger partial charge in [0.2, 0.25) is 0 Å². The second-order valence-corrected chi connectivity index (χ2v) is 8.03. The minimum atomic E-state index is 0.0432. The van der Waals surface area contributed by atoms with Crippen LogP contribution in [-0.2, 0) is 19.6 Å². The zero-order valence-electron chi connectivity index (χ0n) is 15.1. The molecule has 0 radical (unpaired) electrons. The first kappa shape index (κ1) is 17.0. The maximum atomic E-state index is 12.9. The van der Waals surface area contributed by atoms with Gasteiger partial charge in [-0.3, -0.25) is 14.3 Å². The van der Waals surface area contributed by atoms with E-state index < -0.39 is 0 Å². The Labute approximate surface area is 162 Å². The zero-order valence-corrected chi connectivity index (χ0v) is 15.9. The lowest BCUT2D eigenvalue weighted by Gasteiger charge is -2.29. The van der Waals surface area contributed by atoms with E-state index in [4.69, 9.17) is 16.6 Å². The first-order valence-corrected chi connectivity index (χ1v) is 10.0. The summed E-state index contributed by atoms with van der Waals surface area (Å²) in [6.45, 7) is 2.94. The molecule has 1 fully saturated rings. The van der Waals surface area contributed by atoms with Crippen LogP contribution in [0, 0.1) is 0 Å². The second kappa shape index (κ2) is 6.77. The summed E-state index contributed by atoms with van der Waals surface area (Å²) in [6, 6.07) is 8.32. The van der Waals surface area contributed by atoms with Gasteiger partial charge in [0.15, 0.2) is 5.65 Å². The number of aromatic nitrogens is 4. The van der Waals surface area contributed by atoms with Crippen LogP contribution in [-0.4, -0.2) is 30.8 Å². The zero-order chi connectivity index (χ0) is 18.4. The van der Waals surface area contributed by atoms with E-state index in [0.29, 0.717) is 24.5 Å². The lowest BCUT2D eigenvalue weighted by molar-refractivity contribution is 0.204. The van der Waals surface area contributed by atoms with Gasteiger partial charge in [-0.1, -0.05) is 36.6 Å². The fraction of sp³-hybridized carbons (Fsp3) is 0.450. The van der Waals surface area contributed by atoms with E-state index in [1.807, 2.05) is 27.4 Å². The Morgan fingerprint density at radius 1 is 1.19 bits per heavy atom. The van der Waals surface area contributed by atoms with Crippen molar-refractivity contribution >= 4 is 22.6 Å². The number of fused-ring (bicyclic) bond motifs is 2. The quantitative estimate of drug-likeness (QED) is 0.695. The fourth-order valence-electron chi connectivity index (χ4n) is 4.38. The Balaban J connectivity index is 1.48. The van der Waals surface area contributed by atoms with Crippen molar-refractivity contribution < 1.29 is 0 Å². The van der Waals surface area contributed by atoms with Crippen molar-refractivity contribution in [2.45, 2.75) is 51.4 Å². The molecule has 2 aliphatic rings. The van der Waals surface area contributed by atoms with Gasteiger partial charge in [0.05, 0.1) is 18.8 Å². The highest BCUT2D eigenvalue weighted by atomic mass is 35.5. The van der Waals surface area contributed by atoms with E-state index in [1.165, 1.54) is 18.4 Å². The molecule has 7 heteroatoms. The molecule has 0 bridgehead atoms. The monoisotopic (exact) mass is 383 g/mol. The van der Waals surface area contributed by atoms with Gasteiger partial charge in [-0.15, -0.1) is 0 Å². The van der Waals surface area contributed by atoms with Crippen LogP contribution >= 0.6 is 11.6 Å². The molecule has 1 saturated carbocycles. The maximum Gasteiger partial charge on any atom is 0.264 e. The van der Waals surface area contributed by atoms with Gasteiger partial charge in [0.1, 0.15) is 11.2 Å². The van der Waals surface area contributed by atoms with Crippen LogP contribution in [0.3, 0.4) is 0 Å². The summed E-state index contributed by atoms with van der Waals surface area (Å²) in [5, 5.41) is 5.92. The molecule has 0 N–H and O–H groups in total. The molecule has 5 rings (SSSR count). The van der Waals surface area contributed by atoms with Gasteiger partial charge >= 0.3 is 0 Å². The van der Waals surface area contributed by atoms with Gasteiger partial charge in [-0.2, -0.15) is 5.10 Å². The SMILES string of the molecule is O=c1c2cnn(C3CCCC3)c2nc2n1CCN(Cc1cccc(Cl)c1)C2. The lowest BCUT2D eigenvalue weighted by Crippen LogP contribution is -2.39. The highest BCUT2D eigenvalue weighted by Gasteiger charge is 2.25. The van der Waals surface area contributed by atoms with Gasteiger partial charge in [0.25, 0.3) is 5.56 Å². The standard InChI is InChI=1S/C20H22ClN5O/c21-15-5-3-4-14(10-15)12-24-8-9-25-18(13-24)23-19-17(20(25)27)11-22-26(19)16-6-1-2-7-16/h3-5,10-11,16H,1-2,6-9,12-13H2. The lowest BCUT2D eigenvalue weighted by atomic mass is 10.2. The van der Waals surface area contributed by atoms with Crippen LogP contribution < -0.4 is 5.56 Å². The highest BCUT2D eigenvalue weighted by Crippen LogP contribution is 2.30. The van der Waals surface area contributed by atoms with Crippen molar-refractivity contribution in [2.75, 3.05) is 6.54 Å². The second-order valence-electron chi connectivity index (χ2n) is 7.59. The summed E-state index contributed by atoms with van der Waals surface area (Å²) >= 11 is 6.11. The summed E-state index contributed by atoms with van der Waals surface area (Å²) in [4.78, 5) is 20.1. The molecule has 0 spiro atoms. The fourth-order valence-corrected chi connectivity index (χ4v) is 4.59. The normalized spacial score (nSPS) is 18.3. The molecule has 0 unspecified atom stereocenters. The third-order valence-electron chi connectivity index (χ3n) is 5.76. The Bertz CT molecular complexity index is 1050. The number of rotatable bonds is 3. The molecule has 1 aliphatic heterocycles. The smallest absolute Gasteiger partial charge is 0.264 e. The maximum absolute atomic E-state index is 12.9. The Kier molecular flexibility index (Phi) is 4.25. The minimum Gasteiger partial charge on any atom is -0.294 e. The Morgan fingerprint density at radius 2 is 2.04 bits per heavy atom. The summed E-state index contributed by atoms with van der Waals surface area (Å²) in [7, 11) is 0. The van der Waals surface area contributed by atoms with E-state index in [-0.39, 0.29) is 5.56 Å². The van der Waals surface area contributed by atoms with Crippen molar-refractivity contribution in [3.8, 4) is 0 Å². The van der Waals surface area contributed by atoms with Crippen molar-refractivity contribution in [1.82, 2.24) is 24.2 Å². The number of halogens is 1. The average Bonchev–Trinajstić information content (AvgIpc) is 3.31. The van der Waals surface area contributed by atoms with E-state index >= 15 is 0 Å². The molecule has 0 saturated heterocycles. The van der Waals surface area contributed by atoms with Gasteiger partial charge in [0, 0.05) is 24.7 Å². The molecular weight excluding hydrogens is 362 g/mol. The molecule has 2 aromatic heterocycles. The van der Waals surface area contributed by atoms with Gasteiger partial charge in [-0.25, -0.2) is 9.67 Å². The molecule has 3 heterocycles. The summed E-state index contributed by atoms with van der Waals surface area (Å²) in [6.07, 6.45) is 6.40. The Morgan fingerprint density at radius 3 is 2.85 bits per heavy atom. The summed E-state index contributed by atoms with van der Waals surface area (Å²) in [5.74, 6) is 0.834. The van der Waals surface area contributed by atoms with Crippen LogP contribution in [0.25, 0.3) is 11.0 Å². The summed E-state index contributed by atoms with van der Waals surface area (Å²) < 4.78 is 3.80. The topological polar surface area (TPSA) is 56.0 Å². The van der Waals surface area contributed by atoms with Crippen molar-refractivity contribution in [3.63, 3.8) is 0 Å². The van der Waals surface area contributed by atoms with Crippen LogP contribution in [0.1, 0.15) is 43.1 Å². The van der Waals surface area contributed by atoms with E-state index in [2.05, 4.69) is 16.1 Å². The van der Waals surface area contributed by atoms with Crippen molar-refractivity contribution in [3.05, 3.63) is 57.2 Å². The van der Waals surface area contributed by atoms with E-state index in [9.17, 15) is 4.79 Å². The molecule has 1 aliphatic carbocycles. The van der Waals surface area contributed by atoms with Crippen molar-refractivity contribution in [1.29, 1.82) is 0 Å². The van der Waals surface area contributed by atoms with Gasteiger partial charge in [-0.05, 0) is 30.5 Å². The van der Waals surface area contributed by atoms with E-state index in [1.54, 1.807) is 6.20 Å². The first-order valence-electron chi connectivity index (χ1n) is 9.63. The molecule has 0 atom stereocenters. The Hall–Kier alpha value is -2.18. The first-order chi connectivity index (χ1) is 13.2. The number of nitrogens with zero attached hydrogens (tertiary/aromatic N) is 5. The van der Waals surface area contributed by atoms with Crippen LogP contribution in [0.5, 0.6) is 0 Å². The third-order valence-corrected chi connectivity index (χ3v) is 6.00. The van der Waals surface area contributed by atoms with Crippen LogP contribution in [0.4, 0.5) is 0 Å². The molecule has 6 nitrogen and oxygen atoms in total. The molecular formula is C20H22ClN5O. The minimum absolute atomic E-state index is 0.0432. The molecule has 1 aromatic carbocycles. The number of hydrogen-bond donors (Lipinski definition) is 0. The third kappa shape index (κ3) is 3.07. The molecule has 27 heavy (non-hydrogen) atoms. The number of hydrogen-bond acceptors (Lipinski definition) is 4. The highest BCUT2D eigenvalue weighted by molar-refractivity contribution is 6.30. The van der Waals surface area contributed by atoms with Crippen molar-refractivity contribution in [2.24, 2.45) is 0 Å². The molecule has 0 amide bonds. The predicted molar refractivity (Wildman–Crippen MR) is 105 cm³/mol. The molecule has 140 valence electrons. The van der Waals surface area contributed by atoms with Crippen LogP contribution in [0.15, 0.2) is 35.3 Å². The largest absolute Gasteiger partial charge is 0.294 e. The van der Waals surface area contributed by atoms with Gasteiger partial charge < -0.3 is 0 Å². The number of benzene rings is 1. The van der Waals surface area contributed by atoms with E-state index in [0.717, 1.165) is 42.4 Å². The molecule has 3 aromatic rings. The summed E-state index contributed by atoms with van der Waals surface area (Å²) in [5.41, 5.74) is 1.97. The predicted octanol–water partition coefficient (Wildman–Crippen LogP) is 3.38. The average molecular weight is 384 g/mol.